The maximum absolute atomic E-state index is 12.8. The highest BCUT2D eigenvalue weighted by Gasteiger charge is 2.04. The lowest BCUT2D eigenvalue weighted by Crippen LogP contribution is -2.05. The second kappa shape index (κ2) is 3.58. The molecule has 0 saturated heterocycles. The molecule has 1 aromatic carbocycles. The Morgan fingerprint density at radius 2 is 2.23 bits per heavy atom. The fourth-order valence-electron chi connectivity index (χ4n) is 1.17. The number of fused-ring (bicyclic) bond motifs is 1. The fourth-order valence-corrected chi connectivity index (χ4v) is 1.17. The van der Waals surface area contributed by atoms with Gasteiger partial charge in [0.2, 0.25) is 0 Å². The van der Waals surface area contributed by atoms with Crippen LogP contribution in [0.2, 0.25) is 0 Å². The van der Waals surface area contributed by atoms with Crippen LogP contribution in [0.1, 0.15) is 5.56 Å². The van der Waals surface area contributed by atoms with Gasteiger partial charge in [-0.15, -0.1) is 0 Å². The van der Waals surface area contributed by atoms with Gasteiger partial charge >= 0.3 is 0 Å². The van der Waals surface area contributed by atoms with E-state index in [0.29, 0.717) is 12.4 Å². The summed E-state index contributed by atoms with van der Waals surface area (Å²) >= 11 is 0. The van der Waals surface area contributed by atoms with Crippen LogP contribution in [0.15, 0.2) is 24.3 Å². The van der Waals surface area contributed by atoms with Crippen LogP contribution in [0.4, 0.5) is 4.39 Å². The van der Waals surface area contributed by atoms with Crippen molar-refractivity contribution < 1.29 is 13.9 Å². The minimum atomic E-state index is -0.298. The van der Waals surface area contributed by atoms with Gasteiger partial charge in [-0.1, -0.05) is 12.2 Å². The van der Waals surface area contributed by atoms with E-state index < -0.39 is 0 Å². The van der Waals surface area contributed by atoms with Crippen LogP contribution < -0.4 is 4.74 Å². The molecule has 1 aromatic rings. The molecule has 0 fully saturated rings. The molecule has 0 radical (unpaired) electrons. The lowest BCUT2D eigenvalue weighted by molar-refractivity contribution is 0.0295. The van der Waals surface area contributed by atoms with Crippen LogP contribution in [0.5, 0.6) is 5.75 Å². The number of benzene rings is 1. The fraction of sp³-hybridized carbons (Fsp3) is 0.200. The molecule has 2 nitrogen and oxygen atoms in total. The molecule has 2 rings (SSSR count). The summed E-state index contributed by atoms with van der Waals surface area (Å²) in [6, 6.07) is 4.45. The third kappa shape index (κ3) is 1.87. The SMILES string of the molecule is Fc1ccc2c(c1)OCOCC=C2. The lowest BCUT2D eigenvalue weighted by atomic mass is 10.2. The van der Waals surface area contributed by atoms with E-state index in [2.05, 4.69) is 0 Å². The summed E-state index contributed by atoms with van der Waals surface area (Å²) in [5, 5.41) is 0. The summed E-state index contributed by atoms with van der Waals surface area (Å²) in [6.07, 6.45) is 3.73. The molecule has 3 heteroatoms. The van der Waals surface area contributed by atoms with Gasteiger partial charge < -0.3 is 9.47 Å². The summed E-state index contributed by atoms with van der Waals surface area (Å²) < 4.78 is 23.0. The lowest BCUT2D eigenvalue weighted by Gasteiger charge is -2.11. The first-order valence-electron chi connectivity index (χ1n) is 4.03. The zero-order chi connectivity index (χ0) is 9.10. The van der Waals surface area contributed by atoms with E-state index in [1.54, 1.807) is 6.07 Å². The molecule has 0 saturated carbocycles. The standard InChI is InChI=1S/C10H9FO2/c11-9-4-3-8-2-1-5-12-7-13-10(8)6-9/h1-4,6H,5,7H2. The number of hydrogen-bond acceptors (Lipinski definition) is 2. The first kappa shape index (κ1) is 8.26. The normalized spacial score (nSPS) is 15.5. The van der Waals surface area contributed by atoms with E-state index in [1.165, 1.54) is 12.1 Å². The molecule has 13 heavy (non-hydrogen) atoms. The molecule has 1 heterocycles. The summed E-state index contributed by atoms with van der Waals surface area (Å²) in [6.45, 7) is 0.692. The third-order valence-corrected chi connectivity index (χ3v) is 1.78. The molecular formula is C10H9FO2. The van der Waals surface area contributed by atoms with Crippen LogP contribution in [0.3, 0.4) is 0 Å². The van der Waals surface area contributed by atoms with Gasteiger partial charge in [0.15, 0.2) is 6.79 Å². The van der Waals surface area contributed by atoms with Gasteiger partial charge in [0.1, 0.15) is 11.6 Å². The van der Waals surface area contributed by atoms with Crippen LogP contribution in [0.25, 0.3) is 6.08 Å². The Morgan fingerprint density at radius 1 is 1.31 bits per heavy atom. The van der Waals surface area contributed by atoms with Crippen molar-refractivity contribution in [3.63, 3.8) is 0 Å². The van der Waals surface area contributed by atoms with Gasteiger partial charge in [0, 0.05) is 11.6 Å². The van der Waals surface area contributed by atoms with Crippen LogP contribution >= 0.6 is 0 Å². The smallest absolute Gasteiger partial charge is 0.189 e. The van der Waals surface area contributed by atoms with Crippen LogP contribution in [0, 0.1) is 5.82 Å². The van der Waals surface area contributed by atoms with E-state index in [4.69, 9.17) is 9.47 Å². The number of hydrogen-bond donors (Lipinski definition) is 0. The number of rotatable bonds is 0. The second-order valence-electron chi connectivity index (χ2n) is 2.72. The molecular weight excluding hydrogens is 171 g/mol. The highest BCUT2D eigenvalue weighted by Crippen LogP contribution is 2.22. The zero-order valence-corrected chi connectivity index (χ0v) is 7.00. The monoisotopic (exact) mass is 180 g/mol. The molecule has 0 spiro atoms. The van der Waals surface area contributed by atoms with Crippen molar-refractivity contribution in [3.05, 3.63) is 35.7 Å². The number of halogens is 1. The molecule has 0 bridgehead atoms. The van der Waals surface area contributed by atoms with Gasteiger partial charge in [-0.2, -0.15) is 0 Å². The van der Waals surface area contributed by atoms with Gasteiger partial charge in [0.05, 0.1) is 6.61 Å². The second-order valence-corrected chi connectivity index (χ2v) is 2.72. The van der Waals surface area contributed by atoms with Crippen molar-refractivity contribution in [2.24, 2.45) is 0 Å². The summed E-state index contributed by atoms with van der Waals surface area (Å²) in [5.41, 5.74) is 0.879. The average Bonchev–Trinajstić information content (AvgIpc) is 2.08. The third-order valence-electron chi connectivity index (χ3n) is 1.78. The Hall–Kier alpha value is -1.35. The van der Waals surface area contributed by atoms with Crippen LogP contribution in [-0.4, -0.2) is 13.4 Å². The Morgan fingerprint density at radius 3 is 3.15 bits per heavy atom. The molecule has 0 aliphatic carbocycles. The molecule has 68 valence electrons. The van der Waals surface area contributed by atoms with Crippen molar-refractivity contribution in [3.8, 4) is 5.75 Å². The van der Waals surface area contributed by atoms with Gasteiger partial charge in [0.25, 0.3) is 0 Å². The van der Waals surface area contributed by atoms with Crippen molar-refractivity contribution in [1.82, 2.24) is 0 Å². The minimum absolute atomic E-state index is 0.167. The van der Waals surface area contributed by atoms with E-state index in [-0.39, 0.29) is 12.6 Å². The first-order chi connectivity index (χ1) is 6.36. The van der Waals surface area contributed by atoms with Crippen molar-refractivity contribution in [2.75, 3.05) is 13.4 Å². The Bertz CT molecular complexity index is 334. The zero-order valence-electron chi connectivity index (χ0n) is 7.00. The maximum atomic E-state index is 12.8. The van der Waals surface area contributed by atoms with Gasteiger partial charge in [-0.3, -0.25) is 0 Å². The Kier molecular flexibility index (Phi) is 2.27. The van der Waals surface area contributed by atoms with E-state index in [1.807, 2.05) is 12.2 Å². The summed E-state index contributed by atoms with van der Waals surface area (Å²) in [5.74, 6) is 0.226. The number of ether oxygens (including phenoxy) is 2. The predicted molar refractivity (Wildman–Crippen MR) is 46.9 cm³/mol. The topological polar surface area (TPSA) is 18.5 Å². The first-order valence-corrected chi connectivity index (χ1v) is 4.03. The molecule has 0 atom stereocenters. The summed E-state index contributed by atoms with van der Waals surface area (Å²) in [7, 11) is 0. The molecule has 0 N–H and O–H groups in total. The highest BCUT2D eigenvalue weighted by atomic mass is 19.1. The van der Waals surface area contributed by atoms with Gasteiger partial charge in [-0.05, 0) is 12.1 Å². The maximum Gasteiger partial charge on any atom is 0.189 e. The molecule has 0 unspecified atom stereocenters. The predicted octanol–water partition coefficient (Wildman–Crippen LogP) is 2.21. The van der Waals surface area contributed by atoms with Crippen molar-refractivity contribution in [2.45, 2.75) is 0 Å². The molecule has 1 aliphatic heterocycles. The quantitative estimate of drug-likeness (QED) is 0.609. The highest BCUT2D eigenvalue weighted by molar-refractivity contribution is 5.57. The van der Waals surface area contributed by atoms with Crippen molar-refractivity contribution >= 4 is 6.08 Å². The molecule has 0 amide bonds. The van der Waals surface area contributed by atoms with E-state index in [0.717, 1.165) is 5.56 Å². The largest absolute Gasteiger partial charge is 0.467 e. The average molecular weight is 180 g/mol. The van der Waals surface area contributed by atoms with Gasteiger partial charge in [-0.25, -0.2) is 4.39 Å². The Labute approximate surface area is 75.6 Å². The summed E-state index contributed by atoms with van der Waals surface area (Å²) in [4.78, 5) is 0. The molecule has 1 aliphatic rings. The minimum Gasteiger partial charge on any atom is -0.467 e. The van der Waals surface area contributed by atoms with Crippen LogP contribution in [-0.2, 0) is 4.74 Å². The van der Waals surface area contributed by atoms with E-state index >= 15 is 0 Å². The van der Waals surface area contributed by atoms with Crippen molar-refractivity contribution in [1.29, 1.82) is 0 Å². The molecule has 0 aromatic heterocycles. The van der Waals surface area contributed by atoms with E-state index in [9.17, 15) is 4.39 Å². The Balaban J connectivity index is 2.40.